The molecule has 3 nitrogen and oxygen atoms in total. The molecule has 1 N–H and O–H groups in total. The molecule has 0 aliphatic heterocycles. The minimum Gasteiger partial charge on any atom is -0.349 e. The van der Waals surface area contributed by atoms with Crippen LogP contribution < -0.4 is 5.32 Å². The van der Waals surface area contributed by atoms with Crippen LogP contribution in [0.25, 0.3) is 5.69 Å². The quantitative estimate of drug-likeness (QED) is 0.769. The summed E-state index contributed by atoms with van der Waals surface area (Å²) in [7, 11) is 0. The van der Waals surface area contributed by atoms with Crippen molar-refractivity contribution >= 4 is 5.95 Å². The van der Waals surface area contributed by atoms with Gasteiger partial charge in [-0.3, -0.25) is 4.57 Å². The number of rotatable bonds is 4. The molecule has 3 heteroatoms. The van der Waals surface area contributed by atoms with Crippen LogP contribution in [0.2, 0.25) is 0 Å². The van der Waals surface area contributed by atoms with Crippen molar-refractivity contribution in [3.05, 3.63) is 78.6 Å². The summed E-state index contributed by atoms with van der Waals surface area (Å²) in [5.41, 5.74) is 2.35. The molecule has 20 heavy (non-hydrogen) atoms. The van der Waals surface area contributed by atoms with Crippen molar-refractivity contribution in [1.29, 1.82) is 0 Å². The van der Waals surface area contributed by atoms with E-state index in [0.29, 0.717) is 0 Å². The van der Waals surface area contributed by atoms with Gasteiger partial charge in [0.15, 0.2) is 0 Å². The molecule has 0 amide bonds. The van der Waals surface area contributed by atoms with Crippen LogP contribution in [-0.4, -0.2) is 9.55 Å². The topological polar surface area (TPSA) is 29.9 Å². The van der Waals surface area contributed by atoms with E-state index in [4.69, 9.17) is 0 Å². The molecule has 0 aliphatic carbocycles. The predicted octanol–water partition coefficient (Wildman–Crippen LogP) is 4.05. The smallest absolute Gasteiger partial charge is 0.207 e. The van der Waals surface area contributed by atoms with Gasteiger partial charge in [-0.1, -0.05) is 48.5 Å². The lowest BCUT2D eigenvalue weighted by atomic mass is 10.1. The second-order valence-corrected chi connectivity index (χ2v) is 4.73. The van der Waals surface area contributed by atoms with Gasteiger partial charge in [-0.25, -0.2) is 4.98 Å². The molecule has 0 bridgehead atoms. The second kappa shape index (κ2) is 5.61. The highest BCUT2D eigenvalue weighted by Gasteiger charge is 2.09. The fraction of sp³-hybridized carbons (Fsp3) is 0.118. The van der Waals surface area contributed by atoms with Gasteiger partial charge < -0.3 is 5.32 Å². The number of anilines is 1. The van der Waals surface area contributed by atoms with Gasteiger partial charge in [0.2, 0.25) is 5.95 Å². The Morgan fingerprint density at radius 2 is 1.60 bits per heavy atom. The van der Waals surface area contributed by atoms with Gasteiger partial charge in [-0.05, 0) is 24.6 Å². The molecule has 1 atom stereocenters. The maximum atomic E-state index is 4.41. The highest BCUT2D eigenvalue weighted by molar-refractivity contribution is 5.43. The van der Waals surface area contributed by atoms with E-state index < -0.39 is 0 Å². The van der Waals surface area contributed by atoms with Crippen molar-refractivity contribution < 1.29 is 0 Å². The van der Waals surface area contributed by atoms with E-state index in [1.807, 2.05) is 36.7 Å². The van der Waals surface area contributed by atoms with Gasteiger partial charge in [0.05, 0.1) is 6.04 Å². The second-order valence-electron chi connectivity index (χ2n) is 4.73. The van der Waals surface area contributed by atoms with Crippen molar-refractivity contribution in [3.8, 4) is 5.69 Å². The van der Waals surface area contributed by atoms with Crippen molar-refractivity contribution in [1.82, 2.24) is 9.55 Å². The summed E-state index contributed by atoms with van der Waals surface area (Å²) < 4.78 is 2.06. The lowest BCUT2D eigenvalue weighted by Crippen LogP contribution is -2.10. The first-order valence-electron chi connectivity index (χ1n) is 6.75. The van der Waals surface area contributed by atoms with E-state index in [1.54, 1.807) is 0 Å². The standard InChI is InChI=1S/C17H17N3/c1-14(15-8-4-2-5-9-15)19-17-18-12-13-20(17)16-10-6-3-7-11-16/h2-14H,1H3,(H,18,19). The Bertz CT molecular complexity index is 659. The van der Waals surface area contributed by atoms with Crippen LogP contribution in [0.4, 0.5) is 5.95 Å². The zero-order valence-electron chi connectivity index (χ0n) is 11.4. The maximum absolute atomic E-state index is 4.41. The molecule has 0 fully saturated rings. The number of para-hydroxylation sites is 1. The van der Waals surface area contributed by atoms with Gasteiger partial charge in [0.1, 0.15) is 0 Å². The number of benzene rings is 2. The SMILES string of the molecule is CC(Nc1nccn1-c1ccccc1)c1ccccc1. The van der Waals surface area contributed by atoms with Crippen molar-refractivity contribution in [2.24, 2.45) is 0 Å². The van der Waals surface area contributed by atoms with Gasteiger partial charge >= 0.3 is 0 Å². The third kappa shape index (κ3) is 2.57. The van der Waals surface area contributed by atoms with Crippen LogP contribution in [0.5, 0.6) is 0 Å². The number of nitrogens with one attached hydrogen (secondary N) is 1. The summed E-state index contributed by atoms with van der Waals surface area (Å²) in [5.74, 6) is 0.854. The highest BCUT2D eigenvalue weighted by Crippen LogP contribution is 2.20. The lowest BCUT2D eigenvalue weighted by molar-refractivity contribution is 0.851. The molecule has 0 saturated heterocycles. The minimum absolute atomic E-state index is 0.209. The Kier molecular flexibility index (Phi) is 3.50. The first-order chi connectivity index (χ1) is 9.84. The molecule has 3 aromatic rings. The number of aromatic nitrogens is 2. The van der Waals surface area contributed by atoms with Crippen LogP contribution in [0, 0.1) is 0 Å². The monoisotopic (exact) mass is 263 g/mol. The zero-order valence-corrected chi connectivity index (χ0v) is 11.4. The highest BCUT2D eigenvalue weighted by atomic mass is 15.2. The Morgan fingerprint density at radius 1 is 0.950 bits per heavy atom. The van der Waals surface area contributed by atoms with Crippen LogP contribution in [0.3, 0.4) is 0 Å². The van der Waals surface area contributed by atoms with Gasteiger partial charge in [-0.15, -0.1) is 0 Å². The Morgan fingerprint density at radius 3 is 2.30 bits per heavy atom. The van der Waals surface area contributed by atoms with E-state index >= 15 is 0 Å². The Hall–Kier alpha value is -2.55. The lowest BCUT2D eigenvalue weighted by Gasteiger charge is -2.16. The fourth-order valence-electron chi connectivity index (χ4n) is 2.23. The molecule has 0 spiro atoms. The largest absolute Gasteiger partial charge is 0.349 e. The molecule has 0 saturated carbocycles. The third-order valence-electron chi connectivity index (χ3n) is 3.32. The van der Waals surface area contributed by atoms with Crippen molar-refractivity contribution in [2.75, 3.05) is 5.32 Å². The van der Waals surface area contributed by atoms with Crippen LogP contribution in [-0.2, 0) is 0 Å². The summed E-state index contributed by atoms with van der Waals surface area (Å²) in [5, 5.41) is 3.46. The van der Waals surface area contributed by atoms with Gasteiger partial charge in [-0.2, -0.15) is 0 Å². The first kappa shape index (κ1) is 12.5. The number of imidazole rings is 1. The summed E-state index contributed by atoms with van der Waals surface area (Å²) in [6, 6.07) is 20.8. The average Bonchev–Trinajstić information content (AvgIpc) is 2.97. The molecule has 1 aromatic heterocycles. The van der Waals surface area contributed by atoms with E-state index in [9.17, 15) is 0 Å². The van der Waals surface area contributed by atoms with Crippen LogP contribution in [0.15, 0.2) is 73.1 Å². The maximum Gasteiger partial charge on any atom is 0.207 e. The van der Waals surface area contributed by atoms with E-state index in [1.165, 1.54) is 5.56 Å². The van der Waals surface area contributed by atoms with Gasteiger partial charge in [0, 0.05) is 18.1 Å². The van der Waals surface area contributed by atoms with E-state index in [-0.39, 0.29) is 6.04 Å². The molecule has 2 aromatic carbocycles. The average molecular weight is 263 g/mol. The fourth-order valence-corrected chi connectivity index (χ4v) is 2.23. The zero-order chi connectivity index (χ0) is 13.8. The summed E-state index contributed by atoms with van der Waals surface area (Å²) in [4.78, 5) is 4.41. The minimum atomic E-state index is 0.209. The Balaban J connectivity index is 1.84. The number of nitrogens with zero attached hydrogens (tertiary/aromatic N) is 2. The predicted molar refractivity (Wildman–Crippen MR) is 82.0 cm³/mol. The summed E-state index contributed by atoms with van der Waals surface area (Å²) in [6.45, 7) is 2.14. The Labute approximate surface area is 118 Å². The number of hydrogen-bond acceptors (Lipinski definition) is 2. The van der Waals surface area contributed by atoms with E-state index in [2.05, 4.69) is 58.2 Å². The summed E-state index contributed by atoms with van der Waals surface area (Å²) >= 11 is 0. The van der Waals surface area contributed by atoms with Crippen molar-refractivity contribution in [3.63, 3.8) is 0 Å². The third-order valence-corrected chi connectivity index (χ3v) is 3.32. The molecular formula is C17H17N3. The molecule has 1 unspecified atom stereocenters. The van der Waals surface area contributed by atoms with Gasteiger partial charge in [0.25, 0.3) is 0 Å². The molecule has 0 aliphatic rings. The van der Waals surface area contributed by atoms with Crippen LogP contribution in [0.1, 0.15) is 18.5 Å². The molecule has 100 valence electrons. The van der Waals surface area contributed by atoms with E-state index in [0.717, 1.165) is 11.6 Å². The molecule has 0 radical (unpaired) electrons. The normalized spacial score (nSPS) is 12.1. The first-order valence-corrected chi connectivity index (χ1v) is 6.75. The van der Waals surface area contributed by atoms with Crippen LogP contribution >= 0.6 is 0 Å². The van der Waals surface area contributed by atoms with Crippen molar-refractivity contribution in [2.45, 2.75) is 13.0 Å². The number of hydrogen-bond donors (Lipinski definition) is 1. The molecular weight excluding hydrogens is 246 g/mol. The molecule has 1 heterocycles. The molecule has 3 rings (SSSR count). The summed E-state index contributed by atoms with van der Waals surface area (Å²) in [6.07, 6.45) is 3.78.